The van der Waals surface area contributed by atoms with E-state index in [1.54, 1.807) is 16.7 Å². The second-order valence-electron chi connectivity index (χ2n) is 8.72. The van der Waals surface area contributed by atoms with E-state index in [-0.39, 0.29) is 17.9 Å². The summed E-state index contributed by atoms with van der Waals surface area (Å²) in [5.41, 5.74) is 2.00. The first-order chi connectivity index (χ1) is 17.4. The van der Waals surface area contributed by atoms with Gasteiger partial charge in [0.15, 0.2) is 0 Å². The van der Waals surface area contributed by atoms with Gasteiger partial charge in [-0.2, -0.15) is 0 Å². The third-order valence-electron chi connectivity index (χ3n) is 5.94. The van der Waals surface area contributed by atoms with E-state index in [4.69, 9.17) is 11.6 Å². The van der Waals surface area contributed by atoms with Crippen LogP contribution < -0.4 is 5.32 Å². The zero-order valence-corrected chi connectivity index (χ0v) is 23.8. The number of halogens is 2. The maximum Gasteiger partial charge on any atom is 0.243 e. The molecule has 0 spiro atoms. The SMILES string of the molecule is CCC(C)NC(=O)C(Cc1ccccc1)N(Cc1ccc(Br)cc1)C(=O)CCSc1ccc(Cl)cc1. The molecule has 0 aliphatic heterocycles. The van der Waals surface area contributed by atoms with Crippen molar-refractivity contribution in [1.29, 1.82) is 0 Å². The van der Waals surface area contributed by atoms with Gasteiger partial charge < -0.3 is 10.2 Å². The number of carbonyl (C=O) groups is 2. The predicted octanol–water partition coefficient (Wildman–Crippen LogP) is 7.14. The monoisotopic (exact) mass is 586 g/mol. The van der Waals surface area contributed by atoms with Crippen LogP contribution in [0, 0.1) is 0 Å². The van der Waals surface area contributed by atoms with Crippen molar-refractivity contribution in [1.82, 2.24) is 10.2 Å². The van der Waals surface area contributed by atoms with E-state index >= 15 is 0 Å². The van der Waals surface area contributed by atoms with Crippen molar-refractivity contribution in [3.63, 3.8) is 0 Å². The fourth-order valence-electron chi connectivity index (χ4n) is 3.71. The highest BCUT2D eigenvalue weighted by atomic mass is 79.9. The molecule has 190 valence electrons. The fraction of sp³-hybridized carbons (Fsp3) is 0.310. The van der Waals surface area contributed by atoms with Crippen molar-refractivity contribution < 1.29 is 9.59 Å². The Hall–Kier alpha value is -2.28. The molecule has 0 aromatic heterocycles. The Kier molecular flexibility index (Phi) is 11.4. The van der Waals surface area contributed by atoms with Crippen LogP contribution >= 0.6 is 39.3 Å². The number of nitrogens with zero attached hydrogens (tertiary/aromatic N) is 1. The summed E-state index contributed by atoms with van der Waals surface area (Å²) in [5.74, 6) is 0.450. The Labute approximate surface area is 231 Å². The summed E-state index contributed by atoms with van der Waals surface area (Å²) in [7, 11) is 0. The molecule has 3 rings (SSSR count). The highest BCUT2D eigenvalue weighted by Crippen LogP contribution is 2.23. The van der Waals surface area contributed by atoms with Crippen LogP contribution in [0.15, 0.2) is 88.2 Å². The molecule has 0 fully saturated rings. The van der Waals surface area contributed by atoms with Crippen molar-refractivity contribution in [2.24, 2.45) is 0 Å². The fourth-order valence-corrected chi connectivity index (χ4v) is 4.94. The zero-order chi connectivity index (χ0) is 25.9. The van der Waals surface area contributed by atoms with Crippen LogP contribution in [0.2, 0.25) is 5.02 Å². The molecule has 2 amide bonds. The molecular formula is C29H32BrClN2O2S. The Morgan fingerprint density at radius 1 is 0.972 bits per heavy atom. The summed E-state index contributed by atoms with van der Waals surface area (Å²) < 4.78 is 0.971. The van der Waals surface area contributed by atoms with Crippen LogP contribution in [0.4, 0.5) is 0 Å². The molecule has 0 radical (unpaired) electrons. The summed E-state index contributed by atoms with van der Waals surface area (Å²) in [6, 6.07) is 24.8. The van der Waals surface area contributed by atoms with Crippen molar-refractivity contribution in [2.75, 3.05) is 5.75 Å². The summed E-state index contributed by atoms with van der Waals surface area (Å²) >= 11 is 11.1. The highest BCUT2D eigenvalue weighted by molar-refractivity contribution is 9.10. The first kappa shape index (κ1) is 28.3. The van der Waals surface area contributed by atoms with Gasteiger partial charge in [0.25, 0.3) is 0 Å². The molecule has 36 heavy (non-hydrogen) atoms. The number of rotatable bonds is 12. The Morgan fingerprint density at radius 3 is 2.28 bits per heavy atom. The summed E-state index contributed by atoms with van der Waals surface area (Å²) in [5, 5.41) is 3.80. The first-order valence-electron chi connectivity index (χ1n) is 12.1. The predicted molar refractivity (Wildman–Crippen MR) is 153 cm³/mol. The van der Waals surface area contributed by atoms with Gasteiger partial charge >= 0.3 is 0 Å². The van der Waals surface area contributed by atoms with Gasteiger partial charge in [0.05, 0.1) is 0 Å². The lowest BCUT2D eigenvalue weighted by molar-refractivity contribution is -0.141. The molecule has 4 nitrogen and oxygen atoms in total. The molecule has 7 heteroatoms. The molecule has 3 aromatic carbocycles. The van der Waals surface area contributed by atoms with E-state index < -0.39 is 6.04 Å². The largest absolute Gasteiger partial charge is 0.352 e. The van der Waals surface area contributed by atoms with Gasteiger partial charge in [-0.15, -0.1) is 11.8 Å². The van der Waals surface area contributed by atoms with Crippen molar-refractivity contribution >= 4 is 51.1 Å². The number of nitrogens with one attached hydrogen (secondary N) is 1. The molecule has 0 saturated heterocycles. The highest BCUT2D eigenvalue weighted by Gasteiger charge is 2.30. The molecular weight excluding hydrogens is 556 g/mol. The Bertz CT molecular complexity index is 1110. The van der Waals surface area contributed by atoms with E-state index in [0.29, 0.717) is 30.2 Å². The number of hydrogen-bond donors (Lipinski definition) is 1. The Balaban J connectivity index is 1.84. The first-order valence-corrected chi connectivity index (χ1v) is 14.3. The Morgan fingerprint density at radius 2 is 1.64 bits per heavy atom. The van der Waals surface area contributed by atoms with E-state index in [0.717, 1.165) is 26.9 Å². The van der Waals surface area contributed by atoms with Gasteiger partial charge in [0.1, 0.15) is 6.04 Å². The molecule has 3 aromatic rings. The number of thioether (sulfide) groups is 1. The molecule has 0 saturated carbocycles. The minimum Gasteiger partial charge on any atom is -0.352 e. The maximum absolute atomic E-state index is 13.7. The molecule has 2 unspecified atom stereocenters. The molecule has 2 atom stereocenters. The van der Waals surface area contributed by atoms with Crippen molar-refractivity contribution in [3.05, 3.63) is 99.5 Å². The van der Waals surface area contributed by atoms with Crippen LogP contribution in [0.5, 0.6) is 0 Å². The number of carbonyl (C=O) groups excluding carboxylic acids is 2. The minimum absolute atomic E-state index is 0.0286. The lowest BCUT2D eigenvalue weighted by atomic mass is 10.0. The lowest BCUT2D eigenvalue weighted by Gasteiger charge is -2.32. The van der Waals surface area contributed by atoms with Crippen molar-refractivity contribution in [2.45, 2.75) is 56.6 Å². The average Bonchev–Trinajstić information content (AvgIpc) is 2.88. The third kappa shape index (κ3) is 8.99. The van der Waals surface area contributed by atoms with Crippen LogP contribution in [-0.4, -0.2) is 34.6 Å². The van der Waals surface area contributed by atoms with E-state index in [2.05, 4.69) is 21.2 Å². The second kappa shape index (κ2) is 14.5. The van der Waals surface area contributed by atoms with Gasteiger partial charge in [-0.25, -0.2) is 0 Å². The van der Waals surface area contributed by atoms with Gasteiger partial charge in [-0.05, 0) is 60.9 Å². The van der Waals surface area contributed by atoms with Crippen LogP contribution in [-0.2, 0) is 22.6 Å². The smallest absolute Gasteiger partial charge is 0.243 e. The zero-order valence-electron chi connectivity index (χ0n) is 20.6. The second-order valence-corrected chi connectivity index (χ2v) is 11.2. The average molecular weight is 588 g/mol. The molecule has 0 heterocycles. The normalized spacial score (nSPS) is 12.6. The standard InChI is InChI=1S/C29H32BrClN2O2S/c1-3-21(2)32-29(35)27(19-22-7-5-4-6-8-22)33(20-23-9-11-24(30)12-10-23)28(34)17-18-36-26-15-13-25(31)14-16-26/h4-16,21,27H,3,17-20H2,1-2H3,(H,32,35). The lowest BCUT2D eigenvalue weighted by Crippen LogP contribution is -2.52. The molecule has 0 bridgehead atoms. The van der Waals surface area contributed by atoms with Crippen molar-refractivity contribution in [3.8, 4) is 0 Å². The summed E-state index contributed by atoms with van der Waals surface area (Å²) in [4.78, 5) is 30.0. The molecule has 1 N–H and O–H groups in total. The number of hydrogen-bond acceptors (Lipinski definition) is 3. The van der Waals surface area contributed by atoms with Crippen LogP contribution in [0.3, 0.4) is 0 Å². The molecule has 0 aliphatic rings. The summed E-state index contributed by atoms with van der Waals surface area (Å²) in [6.07, 6.45) is 1.60. The summed E-state index contributed by atoms with van der Waals surface area (Å²) in [6.45, 7) is 4.39. The van der Waals surface area contributed by atoms with Gasteiger partial charge in [0, 0.05) is 45.6 Å². The topological polar surface area (TPSA) is 49.4 Å². The third-order valence-corrected chi connectivity index (χ3v) is 7.73. The van der Waals surface area contributed by atoms with Gasteiger partial charge in [-0.3, -0.25) is 9.59 Å². The van der Waals surface area contributed by atoms with Gasteiger partial charge in [-0.1, -0.05) is 76.9 Å². The minimum atomic E-state index is -0.613. The maximum atomic E-state index is 13.7. The number of benzene rings is 3. The quantitative estimate of drug-likeness (QED) is 0.229. The van der Waals surface area contributed by atoms with Crippen LogP contribution in [0.1, 0.15) is 37.8 Å². The van der Waals surface area contributed by atoms with E-state index in [1.165, 1.54) is 0 Å². The van der Waals surface area contributed by atoms with Gasteiger partial charge in [0.2, 0.25) is 11.8 Å². The van der Waals surface area contributed by atoms with E-state index in [1.807, 2.05) is 92.7 Å². The van der Waals surface area contributed by atoms with Crippen LogP contribution in [0.25, 0.3) is 0 Å². The van der Waals surface area contributed by atoms with E-state index in [9.17, 15) is 9.59 Å². The number of amides is 2. The molecule has 0 aliphatic carbocycles.